The van der Waals surface area contributed by atoms with Crippen molar-refractivity contribution in [1.82, 2.24) is 9.97 Å². The number of ether oxygens (including phenoxy) is 1. The van der Waals surface area contributed by atoms with Gasteiger partial charge in [-0.2, -0.15) is 0 Å². The van der Waals surface area contributed by atoms with Crippen molar-refractivity contribution < 1.29 is 9.13 Å². The van der Waals surface area contributed by atoms with Crippen molar-refractivity contribution in [1.29, 1.82) is 0 Å². The molecule has 5 heteroatoms. The van der Waals surface area contributed by atoms with Crippen molar-refractivity contribution in [2.24, 2.45) is 0 Å². The van der Waals surface area contributed by atoms with E-state index in [-0.39, 0.29) is 11.2 Å². The molecule has 1 fully saturated rings. The first kappa shape index (κ1) is 16.8. The van der Waals surface area contributed by atoms with Gasteiger partial charge in [-0.05, 0) is 56.9 Å². The van der Waals surface area contributed by atoms with Crippen molar-refractivity contribution >= 4 is 5.95 Å². The molecule has 0 bridgehead atoms. The van der Waals surface area contributed by atoms with E-state index in [1.165, 1.54) is 6.07 Å². The fraction of sp³-hybridized carbons (Fsp3) is 0.474. The number of hydrogen-bond donors (Lipinski definition) is 1. The van der Waals surface area contributed by atoms with Crippen LogP contribution >= 0.6 is 0 Å². The van der Waals surface area contributed by atoms with Gasteiger partial charge in [0.25, 0.3) is 0 Å². The van der Waals surface area contributed by atoms with Gasteiger partial charge in [-0.25, -0.2) is 14.4 Å². The predicted octanol–water partition coefficient (Wildman–Crippen LogP) is 3.70. The van der Waals surface area contributed by atoms with Gasteiger partial charge in [-0.1, -0.05) is 12.1 Å². The molecule has 0 spiro atoms. The van der Waals surface area contributed by atoms with Gasteiger partial charge in [0.1, 0.15) is 5.82 Å². The van der Waals surface area contributed by atoms with Gasteiger partial charge < -0.3 is 10.1 Å². The Kier molecular flexibility index (Phi) is 4.81. The minimum absolute atomic E-state index is 0.156. The molecule has 128 valence electrons. The molecule has 24 heavy (non-hydrogen) atoms. The quantitative estimate of drug-likeness (QED) is 0.929. The third kappa shape index (κ3) is 3.41. The zero-order valence-corrected chi connectivity index (χ0v) is 14.5. The molecule has 0 aliphatic carbocycles. The Morgan fingerprint density at radius 2 is 1.79 bits per heavy atom. The normalized spacial score (nSPS) is 16.8. The lowest BCUT2D eigenvalue weighted by atomic mass is 9.74. The Bertz CT molecular complexity index is 703. The van der Waals surface area contributed by atoms with Gasteiger partial charge in [0.15, 0.2) is 0 Å². The highest BCUT2D eigenvalue weighted by Crippen LogP contribution is 2.35. The zero-order chi connectivity index (χ0) is 17.2. The van der Waals surface area contributed by atoms with Crippen molar-refractivity contribution in [3.63, 3.8) is 0 Å². The molecule has 3 rings (SSSR count). The molecule has 1 aromatic carbocycles. The molecule has 0 unspecified atom stereocenters. The topological polar surface area (TPSA) is 47.0 Å². The maximum absolute atomic E-state index is 13.7. The minimum Gasteiger partial charge on any atom is -0.381 e. The van der Waals surface area contributed by atoms with Crippen molar-refractivity contribution in [3.05, 3.63) is 52.6 Å². The number of aromatic nitrogens is 2. The number of halogens is 1. The Labute approximate surface area is 142 Å². The van der Waals surface area contributed by atoms with Crippen LogP contribution in [0.5, 0.6) is 0 Å². The number of nitrogens with one attached hydrogen (secondary N) is 1. The molecule has 0 amide bonds. The second-order valence-corrected chi connectivity index (χ2v) is 6.60. The van der Waals surface area contributed by atoms with Gasteiger partial charge in [0, 0.05) is 36.6 Å². The largest absolute Gasteiger partial charge is 0.381 e. The lowest BCUT2D eigenvalue weighted by Gasteiger charge is -2.38. The first-order valence-electron chi connectivity index (χ1n) is 8.40. The SMILES string of the molecule is Cc1nc(NCC2(c3cccc(F)c3)CCOCC2)nc(C)c1C. The van der Waals surface area contributed by atoms with Gasteiger partial charge in [-0.15, -0.1) is 0 Å². The highest BCUT2D eigenvalue weighted by atomic mass is 19.1. The summed E-state index contributed by atoms with van der Waals surface area (Å²) in [6.07, 6.45) is 1.71. The summed E-state index contributed by atoms with van der Waals surface area (Å²) >= 11 is 0. The maximum atomic E-state index is 13.7. The van der Waals surface area contributed by atoms with Crippen LogP contribution in [0.15, 0.2) is 24.3 Å². The van der Waals surface area contributed by atoms with Crippen molar-refractivity contribution in [2.75, 3.05) is 25.1 Å². The second-order valence-electron chi connectivity index (χ2n) is 6.60. The van der Waals surface area contributed by atoms with Crippen LogP contribution in [0, 0.1) is 26.6 Å². The van der Waals surface area contributed by atoms with Crippen LogP contribution in [0.2, 0.25) is 0 Å². The summed E-state index contributed by atoms with van der Waals surface area (Å²) in [5, 5.41) is 3.38. The minimum atomic E-state index is -0.198. The van der Waals surface area contributed by atoms with E-state index < -0.39 is 0 Å². The van der Waals surface area contributed by atoms with Crippen molar-refractivity contribution in [3.8, 4) is 0 Å². The highest BCUT2D eigenvalue weighted by molar-refractivity contribution is 5.36. The number of aryl methyl sites for hydroxylation is 2. The molecular formula is C19H24FN3O. The average Bonchev–Trinajstić information content (AvgIpc) is 2.58. The molecule has 1 saturated heterocycles. The molecule has 0 atom stereocenters. The average molecular weight is 329 g/mol. The maximum Gasteiger partial charge on any atom is 0.223 e. The zero-order valence-electron chi connectivity index (χ0n) is 14.5. The molecule has 1 aliphatic rings. The smallest absolute Gasteiger partial charge is 0.223 e. The number of rotatable bonds is 4. The number of anilines is 1. The standard InChI is InChI=1S/C19H24FN3O/c1-13-14(2)22-18(23-15(13)3)21-12-19(7-9-24-10-8-19)16-5-4-6-17(20)11-16/h4-6,11H,7-10,12H2,1-3H3,(H,21,22,23). The lowest BCUT2D eigenvalue weighted by Crippen LogP contribution is -2.40. The van der Waals surface area contributed by atoms with E-state index in [0.29, 0.717) is 25.7 Å². The summed E-state index contributed by atoms with van der Waals surface area (Å²) in [6, 6.07) is 6.90. The molecule has 0 saturated carbocycles. The van der Waals surface area contributed by atoms with E-state index >= 15 is 0 Å². The van der Waals surface area contributed by atoms with Gasteiger partial charge in [0.05, 0.1) is 0 Å². The third-order valence-corrected chi connectivity index (χ3v) is 5.10. The number of nitrogens with zero attached hydrogens (tertiary/aromatic N) is 2. The first-order chi connectivity index (χ1) is 11.5. The molecule has 2 aromatic rings. The summed E-state index contributed by atoms with van der Waals surface area (Å²) in [5.41, 5.74) is 3.94. The molecular weight excluding hydrogens is 305 g/mol. The third-order valence-electron chi connectivity index (χ3n) is 5.10. The monoisotopic (exact) mass is 329 g/mol. The molecule has 0 radical (unpaired) electrons. The highest BCUT2D eigenvalue weighted by Gasteiger charge is 2.34. The van der Waals surface area contributed by atoms with E-state index in [9.17, 15) is 4.39 Å². The molecule has 2 heterocycles. The van der Waals surface area contributed by atoms with E-state index in [2.05, 4.69) is 15.3 Å². The molecule has 4 nitrogen and oxygen atoms in total. The van der Waals surface area contributed by atoms with Crippen LogP contribution in [0.3, 0.4) is 0 Å². The van der Waals surface area contributed by atoms with Crippen LogP contribution in [0.4, 0.5) is 10.3 Å². The van der Waals surface area contributed by atoms with E-state index in [4.69, 9.17) is 4.74 Å². The lowest BCUT2D eigenvalue weighted by molar-refractivity contribution is 0.0542. The summed E-state index contributed by atoms with van der Waals surface area (Å²) in [4.78, 5) is 9.07. The number of benzene rings is 1. The van der Waals surface area contributed by atoms with Crippen LogP contribution < -0.4 is 5.32 Å². The second kappa shape index (κ2) is 6.85. The summed E-state index contributed by atoms with van der Waals surface area (Å²) < 4.78 is 19.3. The van der Waals surface area contributed by atoms with E-state index in [1.807, 2.05) is 26.8 Å². The van der Waals surface area contributed by atoms with Crippen LogP contribution in [-0.2, 0) is 10.2 Å². The summed E-state index contributed by atoms with van der Waals surface area (Å²) in [7, 11) is 0. The molecule has 1 aliphatic heterocycles. The number of hydrogen-bond acceptors (Lipinski definition) is 4. The Morgan fingerprint density at radius 1 is 1.12 bits per heavy atom. The summed E-state index contributed by atoms with van der Waals surface area (Å²) in [5.74, 6) is 0.439. The Balaban J connectivity index is 1.85. The Hall–Kier alpha value is -2.01. The van der Waals surface area contributed by atoms with Gasteiger partial charge in [0.2, 0.25) is 5.95 Å². The Morgan fingerprint density at radius 3 is 2.42 bits per heavy atom. The van der Waals surface area contributed by atoms with Crippen molar-refractivity contribution in [2.45, 2.75) is 39.0 Å². The molecule has 1 N–H and O–H groups in total. The molecule has 1 aromatic heterocycles. The van der Waals surface area contributed by atoms with Crippen LogP contribution in [0.25, 0.3) is 0 Å². The van der Waals surface area contributed by atoms with E-state index in [1.54, 1.807) is 12.1 Å². The van der Waals surface area contributed by atoms with Gasteiger partial charge >= 0.3 is 0 Å². The van der Waals surface area contributed by atoms with E-state index in [0.717, 1.165) is 35.4 Å². The van der Waals surface area contributed by atoms with Gasteiger partial charge in [-0.3, -0.25) is 0 Å². The fourth-order valence-corrected chi connectivity index (χ4v) is 3.25. The fourth-order valence-electron chi connectivity index (χ4n) is 3.25. The van der Waals surface area contributed by atoms with Crippen LogP contribution in [-0.4, -0.2) is 29.7 Å². The summed E-state index contributed by atoms with van der Waals surface area (Å²) in [6.45, 7) is 8.05. The van der Waals surface area contributed by atoms with Crippen LogP contribution in [0.1, 0.15) is 35.4 Å². The first-order valence-corrected chi connectivity index (χ1v) is 8.40. The predicted molar refractivity (Wildman–Crippen MR) is 92.9 cm³/mol.